The first-order valence-electron chi connectivity index (χ1n) is 6.06. The molecule has 0 fully saturated rings. The van der Waals surface area contributed by atoms with Gasteiger partial charge in [-0.2, -0.15) is 0 Å². The van der Waals surface area contributed by atoms with Gasteiger partial charge in [0.15, 0.2) is 11.6 Å². The van der Waals surface area contributed by atoms with E-state index < -0.39 is 35.2 Å². The summed E-state index contributed by atoms with van der Waals surface area (Å²) >= 11 is 0. The van der Waals surface area contributed by atoms with Gasteiger partial charge in [-0.25, -0.2) is 23.2 Å². The van der Waals surface area contributed by atoms with E-state index in [0.717, 1.165) is 27.4 Å². The average Bonchev–Trinajstić information content (AvgIpc) is 2.55. The fourth-order valence-electron chi connectivity index (χ4n) is 1.51. The fraction of sp³-hybridized carbons (Fsp3) is 0.214. The molecule has 0 radical (unpaired) electrons. The van der Waals surface area contributed by atoms with Crippen LogP contribution in [0.2, 0.25) is 0 Å². The van der Waals surface area contributed by atoms with Gasteiger partial charge >= 0.3 is 17.9 Å². The number of anilines is 1. The van der Waals surface area contributed by atoms with Crippen LogP contribution in [0.25, 0.3) is 0 Å². The second kappa shape index (κ2) is 7.87. The Bertz CT molecular complexity index is 671. The van der Waals surface area contributed by atoms with Gasteiger partial charge < -0.3 is 19.5 Å². The number of carbonyl (C=O) groups is 3. The molecule has 1 N–H and O–H groups in total. The van der Waals surface area contributed by atoms with E-state index in [1.165, 1.54) is 0 Å². The van der Waals surface area contributed by atoms with Crippen molar-refractivity contribution in [2.24, 2.45) is 0 Å². The van der Waals surface area contributed by atoms with Crippen LogP contribution >= 0.6 is 0 Å². The van der Waals surface area contributed by atoms with Gasteiger partial charge in [-0.1, -0.05) is 0 Å². The van der Waals surface area contributed by atoms with Gasteiger partial charge in [0.1, 0.15) is 5.70 Å². The first kappa shape index (κ1) is 18.1. The summed E-state index contributed by atoms with van der Waals surface area (Å²) in [6, 6.07) is 1.23. The second-order valence-corrected chi connectivity index (χ2v) is 4.00. The first-order chi connectivity index (χ1) is 10.8. The monoisotopic (exact) mass is 329 g/mol. The maximum atomic E-state index is 13.4. The molecule has 0 aromatic heterocycles. The number of methoxy groups -OCH3 is 3. The van der Waals surface area contributed by atoms with Crippen LogP contribution in [0.1, 0.15) is 10.4 Å². The van der Waals surface area contributed by atoms with E-state index >= 15 is 0 Å². The number of hydrogen-bond acceptors (Lipinski definition) is 7. The van der Waals surface area contributed by atoms with Crippen LogP contribution in [0.3, 0.4) is 0 Å². The van der Waals surface area contributed by atoms with Crippen LogP contribution in [0.15, 0.2) is 23.9 Å². The van der Waals surface area contributed by atoms with Crippen molar-refractivity contribution in [2.75, 3.05) is 26.6 Å². The van der Waals surface area contributed by atoms with Gasteiger partial charge in [0.2, 0.25) is 0 Å². The summed E-state index contributed by atoms with van der Waals surface area (Å²) in [5.41, 5.74) is -1.13. The van der Waals surface area contributed by atoms with Crippen molar-refractivity contribution >= 4 is 23.6 Å². The SMILES string of the molecule is COC(=O)/C=C(/Nc1cc(F)c(F)cc1C(=O)OC)C(=O)OC. The zero-order valence-electron chi connectivity index (χ0n) is 12.4. The normalized spacial score (nSPS) is 10.7. The summed E-state index contributed by atoms with van der Waals surface area (Å²) in [6.07, 6.45) is 0.730. The molecule has 0 aliphatic heterocycles. The molecule has 124 valence electrons. The van der Waals surface area contributed by atoms with E-state index in [0.29, 0.717) is 12.1 Å². The molecule has 1 aromatic carbocycles. The third-order valence-electron chi connectivity index (χ3n) is 2.60. The number of halogens is 2. The zero-order valence-corrected chi connectivity index (χ0v) is 12.4. The van der Waals surface area contributed by atoms with Crippen molar-refractivity contribution in [3.8, 4) is 0 Å². The summed E-state index contributed by atoms with van der Waals surface area (Å²) in [5, 5.41) is 2.33. The maximum Gasteiger partial charge on any atom is 0.354 e. The fourth-order valence-corrected chi connectivity index (χ4v) is 1.51. The first-order valence-corrected chi connectivity index (χ1v) is 6.06. The number of carbonyl (C=O) groups excluding carboxylic acids is 3. The molecule has 1 aromatic rings. The van der Waals surface area contributed by atoms with Gasteiger partial charge in [0.05, 0.1) is 38.7 Å². The third-order valence-corrected chi connectivity index (χ3v) is 2.60. The number of esters is 3. The highest BCUT2D eigenvalue weighted by atomic mass is 19.2. The van der Waals surface area contributed by atoms with E-state index in [9.17, 15) is 23.2 Å². The summed E-state index contributed by atoms with van der Waals surface area (Å²) in [4.78, 5) is 34.5. The predicted molar refractivity (Wildman–Crippen MR) is 73.4 cm³/mol. The highest BCUT2D eigenvalue weighted by molar-refractivity contribution is 6.01. The molecule has 9 heteroatoms. The highest BCUT2D eigenvalue weighted by Crippen LogP contribution is 2.23. The van der Waals surface area contributed by atoms with Crippen molar-refractivity contribution in [1.82, 2.24) is 0 Å². The Morgan fingerprint density at radius 3 is 2.13 bits per heavy atom. The molecule has 0 atom stereocenters. The smallest absolute Gasteiger partial charge is 0.354 e. The molecule has 0 amide bonds. The van der Waals surface area contributed by atoms with Gasteiger partial charge in [-0.15, -0.1) is 0 Å². The third kappa shape index (κ3) is 4.50. The minimum Gasteiger partial charge on any atom is -0.466 e. The number of hydrogen-bond donors (Lipinski definition) is 1. The van der Waals surface area contributed by atoms with Crippen molar-refractivity contribution < 1.29 is 37.4 Å². The summed E-state index contributed by atoms with van der Waals surface area (Å²) in [6.45, 7) is 0. The molecular formula is C14H13F2NO6. The lowest BCUT2D eigenvalue weighted by atomic mass is 10.1. The topological polar surface area (TPSA) is 90.9 Å². The number of rotatable bonds is 5. The molecule has 0 saturated heterocycles. The van der Waals surface area contributed by atoms with Crippen LogP contribution in [0.5, 0.6) is 0 Å². The lowest BCUT2D eigenvalue weighted by Gasteiger charge is -2.13. The Labute approximate surface area is 129 Å². The Hall–Kier alpha value is -2.97. The lowest BCUT2D eigenvalue weighted by molar-refractivity contribution is -0.138. The molecule has 0 unspecified atom stereocenters. The quantitative estimate of drug-likeness (QED) is 0.496. The molecule has 0 heterocycles. The maximum absolute atomic E-state index is 13.4. The van der Waals surface area contributed by atoms with E-state index in [4.69, 9.17) is 0 Å². The second-order valence-electron chi connectivity index (χ2n) is 4.00. The van der Waals surface area contributed by atoms with Crippen molar-refractivity contribution in [2.45, 2.75) is 0 Å². The molecule has 7 nitrogen and oxygen atoms in total. The standard InChI is InChI=1S/C14H13F2NO6/c1-21-12(18)6-11(14(20)23-3)17-10-5-9(16)8(15)4-7(10)13(19)22-2/h4-6,17H,1-3H3/b11-6+. The minimum absolute atomic E-state index is 0.295. The van der Waals surface area contributed by atoms with Crippen molar-refractivity contribution in [3.05, 3.63) is 41.1 Å². The Morgan fingerprint density at radius 2 is 1.61 bits per heavy atom. The van der Waals surface area contributed by atoms with Crippen LogP contribution in [-0.4, -0.2) is 39.2 Å². The van der Waals surface area contributed by atoms with Gasteiger partial charge in [-0.05, 0) is 6.07 Å². The van der Waals surface area contributed by atoms with Gasteiger partial charge in [0, 0.05) is 6.07 Å². The van der Waals surface area contributed by atoms with E-state index in [1.54, 1.807) is 0 Å². The molecule has 1 rings (SSSR count). The van der Waals surface area contributed by atoms with Crippen LogP contribution < -0.4 is 5.32 Å². The lowest BCUT2D eigenvalue weighted by Crippen LogP contribution is -2.18. The minimum atomic E-state index is -1.28. The summed E-state index contributed by atoms with van der Waals surface area (Å²) in [5.74, 6) is -5.43. The van der Waals surface area contributed by atoms with Crippen LogP contribution in [0.4, 0.5) is 14.5 Å². The molecule has 0 aliphatic carbocycles. The molecule has 0 bridgehead atoms. The van der Waals surface area contributed by atoms with E-state index in [2.05, 4.69) is 19.5 Å². The molecule has 23 heavy (non-hydrogen) atoms. The average molecular weight is 329 g/mol. The molecule has 0 spiro atoms. The molecule has 0 saturated carbocycles. The number of ether oxygens (including phenoxy) is 3. The van der Waals surface area contributed by atoms with Crippen molar-refractivity contribution in [1.29, 1.82) is 0 Å². The Kier molecular flexibility index (Phi) is 6.19. The van der Waals surface area contributed by atoms with E-state index in [-0.39, 0.29) is 11.3 Å². The largest absolute Gasteiger partial charge is 0.466 e. The van der Waals surface area contributed by atoms with Crippen LogP contribution in [0, 0.1) is 11.6 Å². The summed E-state index contributed by atoms with van der Waals surface area (Å²) < 4.78 is 39.9. The Morgan fingerprint density at radius 1 is 1.00 bits per heavy atom. The zero-order chi connectivity index (χ0) is 17.6. The van der Waals surface area contributed by atoms with Crippen molar-refractivity contribution in [3.63, 3.8) is 0 Å². The highest BCUT2D eigenvalue weighted by Gasteiger charge is 2.20. The predicted octanol–water partition coefficient (Wildman–Crippen LogP) is 1.39. The van der Waals surface area contributed by atoms with Crippen LogP contribution in [-0.2, 0) is 23.8 Å². The van der Waals surface area contributed by atoms with E-state index in [1.807, 2.05) is 0 Å². The van der Waals surface area contributed by atoms with Gasteiger partial charge in [0.25, 0.3) is 0 Å². The number of nitrogens with one attached hydrogen (secondary N) is 1. The Balaban J connectivity index is 3.35. The number of benzene rings is 1. The van der Waals surface area contributed by atoms with Gasteiger partial charge in [-0.3, -0.25) is 0 Å². The molecular weight excluding hydrogens is 316 g/mol. The molecule has 0 aliphatic rings. The summed E-state index contributed by atoms with van der Waals surface area (Å²) in [7, 11) is 3.16.